The molecule has 0 spiro atoms. The predicted molar refractivity (Wildman–Crippen MR) is 78.4 cm³/mol. The van der Waals surface area contributed by atoms with Gasteiger partial charge in [0, 0.05) is 10.0 Å². The Labute approximate surface area is 128 Å². The van der Waals surface area contributed by atoms with Crippen molar-refractivity contribution in [3.05, 3.63) is 44.4 Å². The molecular formula is C12H5Br2FN2OS. The standard InChI is InChI=1S/C12H5Br2FN2OS/c13-8-5-9(19-10(8)14)12-16-11(17-18-12)6-1-3-7(15)4-2-6/h1-5H. The highest BCUT2D eigenvalue weighted by Gasteiger charge is 2.14. The van der Waals surface area contributed by atoms with E-state index in [0.717, 1.165) is 13.1 Å². The largest absolute Gasteiger partial charge is 0.333 e. The van der Waals surface area contributed by atoms with Crippen LogP contribution in [0.5, 0.6) is 0 Å². The average molecular weight is 404 g/mol. The maximum atomic E-state index is 12.8. The summed E-state index contributed by atoms with van der Waals surface area (Å²) in [7, 11) is 0. The van der Waals surface area contributed by atoms with Crippen LogP contribution in [0.1, 0.15) is 0 Å². The van der Waals surface area contributed by atoms with Gasteiger partial charge < -0.3 is 4.52 Å². The van der Waals surface area contributed by atoms with Gasteiger partial charge in [0.05, 0.1) is 8.66 Å². The molecule has 0 amide bonds. The molecule has 3 aromatic rings. The number of thiophene rings is 1. The predicted octanol–water partition coefficient (Wildman–Crippen LogP) is 5.13. The second kappa shape index (κ2) is 5.15. The molecule has 96 valence electrons. The summed E-state index contributed by atoms with van der Waals surface area (Å²) in [4.78, 5) is 5.16. The lowest BCUT2D eigenvalue weighted by Gasteiger charge is -1.92. The fourth-order valence-electron chi connectivity index (χ4n) is 1.49. The molecule has 0 aliphatic heterocycles. The summed E-state index contributed by atoms with van der Waals surface area (Å²) < 4.78 is 20.0. The summed E-state index contributed by atoms with van der Waals surface area (Å²) in [6.45, 7) is 0. The van der Waals surface area contributed by atoms with Gasteiger partial charge in [-0.05, 0) is 62.2 Å². The molecule has 3 rings (SSSR count). The summed E-state index contributed by atoms with van der Waals surface area (Å²) in [5.41, 5.74) is 0.714. The van der Waals surface area contributed by atoms with E-state index < -0.39 is 0 Å². The first-order chi connectivity index (χ1) is 9.13. The quantitative estimate of drug-likeness (QED) is 0.595. The first-order valence-electron chi connectivity index (χ1n) is 5.18. The Kier molecular flexibility index (Phi) is 3.51. The number of aromatic nitrogens is 2. The molecule has 0 N–H and O–H groups in total. The maximum absolute atomic E-state index is 12.8. The normalized spacial score (nSPS) is 10.9. The number of nitrogens with zero attached hydrogens (tertiary/aromatic N) is 2. The van der Waals surface area contributed by atoms with E-state index >= 15 is 0 Å². The number of benzene rings is 1. The molecule has 1 aromatic carbocycles. The lowest BCUT2D eigenvalue weighted by Crippen LogP contribution is -1.81. The summed E-state index contributed by atoms with van der Waals surface area (Å²) in [5.74, 6) is 0.588. The number of hydrogen-bond donors (Lipinski definition) is 0. The SMILES string of the molecule is Fc1ccc(-c2noc(-c3cc(Br)c(Br)s3)n2)cc1. The molecule has 0 fully saturated rings. The molecule has 0 saturated carbocycles. The second-order valence-electron chi connectivity index (χ2n) is 3.66. The smallest absolute Gasteiger partial charge is 0.268 e. The van der Waals surface area contributed by atoms with Gasteiger partial charge in [-0.25, -0.2) is 4.39 Å². The first-order valence-corrected chi connectivity index (χ1v) is 7.58. The van der Waals surface area contributed by atoms with E-state index in [1.54, 1.807) is 12.1 Å². The topological polar surface area (TPSA) is 38.9 Å². The zero-order chi connectivity index (χ0) is 13.4. The molecular weight excluding hydrogens is 399 g/mol. The van der Waals surface area contributed by atoms with Crippen molar-refractivity contribution in [1.29, 1.82) is 0 Å². The lowest BCUT2D eigenvalue weighted by atomic mass is 10.2. The molecule has 0 saturated heterocycles. The van der Waals surface area contributed by atoms with Crippen LogP contribution < -0.4 is 0 Å². The van der Waals surface area contributed by atoms with Crippen LogP contribution in [0.15, 0.2) is 43.1 Å². The Bertz CT molecular complexity index is 704. The van der Waals surface area contributed by atoms with Crippen LogP contribution in [0, 0.1) is 5.82 Å². The fraction of sp³-hybridized carbons (Fsp3) is 0. The van der Waals surface area contributed by atoms with Gasteiger partial charge in [0.25, 0.3) is 5.89 Å². The van der Waals surface area contributed by atoms with Gasteiger partial charge in [-0.1, -0.05) is 5.16 Å². The third kappa shape index (κ3) is 2.63. The molecule has 0 atom stereocenters. The Morgan fingerprint density at radius 2 is 1.89 bits per heavy atom. The van der Waals surface area contributed by atoms with Gasteiger partial charge in [0.2, 0.25) is 5.82 Å². The first kappa shape index (κ1) is 13.0. The summed E-state index contributed by atoms with van der Waals surface area (Å²) in [6.07, 6.45) is 0. The Hall–Kier alpha value is -1.05. The molecule has 0 unspecified atom stereocenters. The molecule has 0 aliphatic carbocycles. The minimum absolute atomic E-state index is 0.293. The number of hydrogen-bond acceptors (Lipinski definition) is 4. The van der Waals surface area contributed by atoms with Crippen molar-refractivity contribution in [1.82, 2.24) is 10.1 Å². The van der Waals surface area contributed by atoms with E-state index in [-0.39, 0.29) is 5.82 Å². The fourth-order valence-corrected chi connectivity index (χ4v) is 3.45. The van der Waals surface area contributed by atoms with E-state index in [4.69, 9.17) is 4.52 Å². The zero-order valence-electron chi connectivity index (χ0n) is 9.23. The monoisotopic (exact) mass is 402 g/mol. The van der Waals surface area contributed by atoms with Gasteiger partial charge >= 0.3 is 0 Å². The minimum Gasteiger partial charge on any atom is -0.333 e. The highest BCUT2D eigenvalue weighted by atomic mass is 79.9. The van der Waals surface area contributed by atoms with Gasteiger partial charge in [-0.15, -0.1) is 11.3 Å². The van der Waals surface area contributed by atoms with Crippen molar-refractivity contribution >= 4 is 43.2 Å². The highest BCUT2D eigenvalue weighted by Crippen LogP contribution is 2.37. The van der Waals surface area contributed by atoms with Crippen LogP contribution in [0.4, 0.5) is 4.39 Å². The molecule has 2 aromatic heterocycles. The maximum Gasteiger partial charge on any atom is 0.268 e. The van der Waals surface area contributed by atoms with Crippen LogP contribution in [-0.4, -0.2) is 10.1 Å². The molecule has 0 aliphatic rings. The summed E-state index contributed by atoms with van der Waals surface area (Å²) >= 11 is 8.31. The van der Waals surface area contributed by atoms with Crippen molar-refractivity contribution in [2.45, 2.75) is 0 Å². The number of halogens is 3. The van der Waals surface area contributed by atoms with E-state index in [0.29, 0.717) is 17.3 Å². The van der Waals surface area contributed by atoms with Gasteiger partial charge in [-0.3, -0.25) is 0 Å². The van der Waals surface area contributed by atoms with Crippen LogP contribution in [0.3, 0.4) is 0 Å². The Balaban J connectivity index is 1.97. The van der Waals surface area contributed by atoms with E-state index in [9.17, 15) is 4.39 Å². The van der Waals surface area contributed by atoms with Gasteiger partial charge in [0.15, 0.2) is 0 Å². The van der Waals surface area contributed by atoms with E-state index in [1.807, 2.05) is 6.07 Å². The van der Waals surface area contributed by atoms with E-state index in [2.05, 4.69) is 42.0 Å². The van der Waals surface area contributed by atoms with Crippen molar-refractivity contribution in [3.63, 3.8) is 0 Å². The molecule has 2 heterocycles. The molecule has 19 heavy (non-hydrogen) atoms. The van der Waals surface area contributed by atoms with Crippen molar-refractivity contribution in [2.75, 3.05) is 0 Å². The van der Waals surface area contributed by atoms with E-state index in [1.165, 1.54) is 23.5 Å². The third-order valence-electron chi connectivity index (χ3n) is 2.38. The van der Waals surface area contributed by atoms with Crippen LogP contribution in [0.2, 0.25) is 0 Å². The lowest BCUT2D eigenvalue weighted by molar-refractivity contribution is 0.433. The van der Waals surface area contributed by atoms with Crippen LogP contribution in [-0.2, 0) is 0 Å². The molecule has 3 nitrogen and oxygen atoms in total. The third-order valence-corrected chi connectivity index (χ3v) is 5.63. The summed E-state index contributed by atoms with van der Waals surface area (Å²) in [5, 5.41) is 3.90. The molecule has 7 heteroatoms. The Morgan fingerprint density at radius 1 is 1.16 bits per heavy atom. The van der Waals surface area contributed by atoms with Crippen molar-refractivity contribution in [3.8, 4) is 22.2 Å². The molecule has 0 radical (unpaired) electrons. The van der Waals surface area contributed by atoms with Gasteiger partial charge in [-0.2, -0.15) is 4.98 Å². The molecule has 0 bridgehead atoms. The Morgan fingerprint density at radius 3 is 2.53 bits per heavy atom. The van der Waals surface area contributed by atoms with Crippen molar-refractivity contribution in [2.24, 2.45) is 0 Å². The average Bonchev–Trinajstić information content (AvgIpc) is 2.99. The zero-order valence-corrected chi connectivity index (χ0v) is 13.2. The summed E-state index contributed by atoms with van der Waals surface area (Å²) in [6, 6.07) is 7.86. The number of rotatable bonds is 2. The van der Waals surface area contributed by atoms with Gasteiger partial charge in [0.1, 0.15) is 5.82 Å². The van der Waals surface area contributed by atoms with Crippen LogP contribution in [0.25, 0.3) is 22.2 Å². The highest BCUT2D eigenvalue weighted by molar-refractivity contribution is 9.13. The van der Waals surface area contributed by atoms with Crippen LogP contribution >= 0.6 is 43.2 Å². The van der Waals surface area contributed by atoms with Crippen molar-refractivity contribution < 1.29 is 8.91 Å². The minimum atomic E-state index is -0.293. The second-order valence-corrected chi connectivity index (χ2v) is 6.89.